The van der Waals surface area contributed by atoms with Gasteiger partial charge in [0.05, 0.1) is 6.17 Å². The smallest absolute Gasteiger partial charge is 0.0673 e. The van der Waals surface area contributed by atoms with Crippen LogP contribution in [0, 0.1) is 0 Å². The predicted molar refractivity (Wildman–Crippen MR) is 38.9 cm³/mol. The van der Waals surface area contributed by atoms with Crippen LogP contribution in [-0.4, -0.2) is 25.0 Å². The molecule has 0 spiro atoms. The number of hydrogen-bond donors (Lipinski definition) is 4. The molecule has 8 heavy (non-hydrogen) atoms. The van der Waals surface area contributed by atoms with Gasteiger partial charge in [0.25, 0.3) is 0 Å². The zero-order valence-electron chi connectivity index (χ0n) is 4.80. The van der Waals surface area contributed by atoms with E-state index in [0.29, 0.717) is 6.54 Å². The van der Waals surface area contributed by atoms with Crippen molar-refractivity contribution in [3.05, 3.63) is 0 Å². The van der Waals surface area contributed by atoms with Gasteiger partial charge in [-0.2, -0.15) is 12.6 Å². The Balaban J connectivity index is 2.86. The van der Waals surface area contributed by atoms with E-state index in [1.807, 2.05) is 0 Å². The van der Waals surface area contributed by atoms with Gasteiger partial charge in [0.2, 0.25) is 0 Å². The molecule has 5 N–H and O–H groups in total. The molecule has 0 heterocycles. The van der Waals surface area contributed by atoms with Crippen LogP contribution in [-0.2, 0) is 0 Å². The van der Waals surface area contributed by atoms with E-state index in [4.69, 9.17) is 11.5 Å². The van der Waals surface area contributed by atoms with E-state index in [1.54, 1.807) is 0 Å². The molecule has 0 aromatic carbocycles. The van der Waals surface area contributed by atoms with Gasteiger partial charge in [-0.1, -0.05) is 0 Å². The lowest BCUT2D eigenvalue weighted by Crippen LogP contribution is -2.44. The molecule has 0 aliphatic heterocycles. The largest absolute Gasteiger partial charge is 0.328 e. The van der Waals surface area contributed by atoms with Crippen LogP contribution in [0.25, 0.3) is 0 Å². The van der Waals surface area contributed by atoms with E-state index < -0.39 is 0 Å². The van der Waals surface area contributed by atoms with Crippen molar-refractivity contribution in [3.8, 4) is 0 Å². The molecule has 0 aliphatic rings. The highest BCUT2D eigenvalue weighted by Crippen LogP contribution is 1.69. The summed E-state index contributed by atoms with van der Waals surface area (Å²) in [5.74, 6) is 0.799. The van der Waals surface area contributed by atoms with Crippen LogP contribution in [0.1, 0.15) is 0 Å². The van der Waals surface area contributed by atoms with Gasteiger partial charge in [-0.3, -0.25) is 0 Å². The number of nitrogens with one attached hydrogen (secondary N) is 1. The minimum Gasteiger partial charge on any atom is -0.328 e. The van der Waals surface area contributed by atoms with Crippen LogP contribution in [0.2, 0.25) is 0 Å². The second-order valence-electron chi connectivity index (χ2n) is 1.52. The second-order valence-corrected chi connectivity index (χ2v) is 1.97. The van der Waals surface area contributed by atoms with Crippen molar-refractivity contribution in [2.75, 3.05) is 18.8 Å². The van der Waals surface area contributed by atoms with Gasteiger partial charge in [0.15, 0.2) is 0 Å². The van der Waals surface area contributed by atoms with Crippen molar-refractivity contribution in [1.82, 2.24) is 5.32 Å². The first-order valence-electron chi connectivity index (χ1n) is 2.61. The first-order chi connectivity index (χ1) is 3.81. The summed E-state index contributed by atoms with van der Waals surface area (Å²) in [6, 6.07) is 0. The van der Waals surface area contributed by atoms with Crippen molar-refractivity contribution in [1.29, 1.82) is 0 Å². The quantitative estimate of drug-likeness (QED) is 0.288. The average Bonchev–Trinajstić information content (AvgIpc) is 1.83. The first kappa shape index (κ1) is 8.23. The summed E-state index contributed by atoms with van der Waals surface area (Å²) < 4.78 is 0. The Morgan fingerprint density at radius 2 is 2.25 bits per heavy atom. The maximum Gasteiger partial charge on any atom is 0.0673 e. The van der Waals surface area contributed by atoms with Crippen molar-refractivity contribution >= 4 is 12.6 Å². The molecule has 0 saturated carbocycles. The molecule has 1 atom stereocenters. The fraction of sp³-hybridized carbons (Fsp3) is 1.00. The highest BCUT2D eigenvalue weighted by Gasteiger charge is 1.92. The van der Waals surface area contributed by atoms with Crippen LogP contribution in [0.5, 0.6) is 0 Å². The number of rotatable bonds is 4. The van der Waals surface area contributed by atoms with E-state index in [2.05, 4.69) is 17.9 Å². The fourth-order valence-electron chi connectivity index (χ4n) is 0.333. The normalized spacial score (nSPS) is 13.9. The Kier molecular flexibility index (Phi) is 5.52. The summed E-state index contributed by atoms with van der Waals surface area (Å²) in [6.45, 7) is 1.30. The van der Waals surface area contributed by atoms with Gasteiger partial charge in [-0.15, -0.1) is 0 Å². The molecule has 0 fully saturated rings. The summed E-state index contributed by atoms with van der Waals surface area (Å²) in [5, 5.41) is 2.96. The van der Waals surface area contributed by atoms with E-state index in [0.717, 1.165) is 12.3 Å². The maximum atomic E-state index is 5.39. The molecule has 0 aliphatic carbocycles. The van der Waals surface area contributed by atoms with Crippen LogP contribution in [0.4, 0.5) is 0 Å². The van der Waals surface area contributed by atoms with Gasteiger partial charge in [-0.25, -0.2) is 0 Å². The summed E-state index contributed by atoms with van der Waals surface area (Å²) in [5.41, 5.74) is 10.6. The molecule has 0 bridgehead atoms. The molecule has 1 unspecified atom stereocenters. The van der Waals surface area contributed by atoms with Crippen LogP contribution >= 0.6 is 12.6 Å². The molecule has 3 nitrogen and oxygen atoms in total. The Labute approximate surface area is 55.2 Å². The third-order valence-corrected chi connectivity index (χ3v) is 0.996. The van der Waals surface area contributed by atoms with Gasteiger partial charge < -0.3 is 16.8 Å². The lowest BCUT2D eigenvalue weighted by Gasteiger charge is -2.08. The van der Waals surface area contributed by atoms with Crippen LogP contribution in [0.15, 0.2) is 0 Å². The Hall–Kier alpha value is 0.230. The van der Waals surface area contributed by atoms with E-state index in [1.165, 1.54) is 0 Å². The van der Waals surface area contributed by atoms with Crippen molar-refractivity contribution < 1.29 is 0 Å². The first-order valence-corrected chi connectivity index (χ1v) is 3.24. The van der Waals surface area contributed by atoms with E-state index in [9.17, 15) is 0 Å². The molecular formula is C4H13N3S. The SMILES string of the molecule is NCC(N)NCCS. The molecule has 0 saturated heterocycles. The number of thiol groups is 1. The molecule has 0 aromatic rings. The third kappa shape index (κ3) is 4.39. The molecule has 4 heteroatoms. The summed E-state index contributed by atoms with van der Waals surface area (Å²) in [6.07, 6.45) is -0.0675. The minimum absolute atomic E-state index is 0.0675. The molecule has 0 aromatic heterocycles. The molecular weight excluding hydrogens is 122 g/mol. The lowest BCUT2D eigenvalue weighted by molar-refractivity contribution is 0.557. The highest BCUT2D eigenvalue weighted by molar-refractivity contribution is 7.80. The average molecular weight is 135 g/mol. The van der Waals surface area contributed by atoms with Crippen LogP contribution < -0.4 is 16.8 Å². The van der Waals surface area contributed by atoms with Gasteiger partial charge in [0.1, 0.15) is 0 Å². The zero-order valence-corrected chi connectivity index (χ0v) is 5.70. The highest BCUT2D eigenvalue weighted by atomic mass is 32.1. The van der Waals surface area contributed by atoms with Crippen molar-refractivity contribution in [2.45, 2.75) is 6.17 Å². The zero-order chi connectivity index (χ0) is 6.41. The fourth-order valence-corrected chi connectivity index (χ4v) is 0.462. The van der Waals surface area contributed by atoms with Crippen molar-refractivity contribution in [2.24, 2.45) is 11.5 Å². The van der Waals surface area contributed by atoms with Gasteiger partial charge in [0, 0.05) is 18.8 Å². The monoisotopic (exact) mass is 135 g/mol. The Morgan fingerprint density at radius 1 is 1.62 bits per heavy atom. The third-order valence-electron chi connectivity index (χ3n) is 0.772. The number of nitrogens with two attached hydrogens (primary N) is 2. The molecule has 0 radical (unpaired) electrons. The van der Waals surface area contributed by atoms with Crippen molar-refractivity contribution in [3.63, 3.8) is 0 Å². The maximum absolute atomic E-state index is 5.39. The van der Waals surface area contributed by atoms with Gasteiger partial charge >= 0.3 is 0 Å². The van der Waals surface area contributed by atoms with E-state index in [-0.39, 0.29) is 6.17 Å². The molecule has 0 amide bonds. The van der Waals surface area contributed by atoms with Crippen LogP contribution in [0.3, 0.4) is 0 Å². The summed E-state index contributed by atoms with van der Waals surface area (Å²) in [4.78, 5) is 0. The Morgan fingerprint density at radius 3 is 2.62 bits per heavy atom. The standard InChI is InChI=1S/C4H13N3S/c5-3-4(6)7-1-2-8/h4,7-8H,1-3,5-6H2. The topological polar surface area (TPSA) is 64.1 Å². The number of hydrogen-bond acceptors (Lipinski definition) is 4. The summed E-state index contributed by atoms with van der Waals surface area (Å²) >= 11 is 3.98. The summed E-state index contributed by atoms with van der Waals surface area (Å²) in [7, 11) is 0. The Bertz CT molecular complexity index is 50.5. The van der Waals surface area contributed by atoms with Gasteiger partial charge in [-0.05, 0) is 0 Å². The molecule has 0 rings (SSSR count). The second kappa shape index (κ2) is 5.37. The lowest BCUT2D eigenvalue weighted by atomic mass is 10.5. The molecule has 50 valence electrons. The predicted octanol–water partition coefficient (Wildman–Crippen LogP) is -1.25. The van der Waals surface area contributed by atoms with E-state index >= 15 is 0 Å². The minimum atomic E-state index is -0.0675.